The Bertz CT molecular complexity index is 1290. The maximum absolute atomic E-state index is 14.6. The third-order valence-corrected chi connectivity index (χ3v) is 6.33. The molecule has 0 saturated carbocycles. The molecule has 1 atom stereocenters. The van der Waals surface area contributed by atoms with Crippen LogP contribution in [-0.4, -0.2) is 34.1 Å². The predicted octanol–water partition coefficient (Wildman–Crippen LogP) is 4.12. The van der Waals surface area contributed by atoms with Crippen molar-refractivity contribution in [2.75, 3.05) is 18.0 Å². The van der Waals surface area contributed by atoms with Gasteiger partial charge in [0.05, 0.1) is 23.0 Å². The lowest BCUT2D eigenvalue weighted by atomic mass is 10.0. The zero-order chi connectivity index (χ0) is 23.3. The molecule has 1 unspecified atom stereocenters. The first-order chi connectivity index (χ1) is 15.7. The summed E-state index contributed by atoms with van der Waals surface area (Å²) < 4.78 is 57.2. The second kappa shape index (κ2) is 7.98. The molecular formula is C24H21F4N3O2. The number of hydrogen-bond acceptors (Lipinski definition) is 4. The third kappa shape index (κ3) is 3.80. The van der Waals surface area contributed by atoms with Gasteiger partial charge in [-0.2, -0.15) is 23.0 Å². The Kier molecular flexibility index (Phi) is 5.23. The fourth-order valence-corrected chi connectivity index (χ4v) is 4.72. The minimum Gasteiger partial charge on any atom is -0.391 e. The van der Waals surface area contributed by atoms with E-state index in [1.807, 2.05) is 0 Å². The molecule has 5 rings (SSSR count). The number of nitrogens with zero attached hydrogens (tertiary/aromatic N) is 3. The van der Waals surface area contributed by atoms with E-state index >= 15 is 0 Å². The van der Waals surface area contributed by atoms with Gasteiger partial charge in [0.25, 0.3) is 5.56 Å². The van der Waals surface area contributed by atoms with E-state index in [1.165, 1.54) is 30.3 Å². The average Bonchev–Trinajstić information content (AvgIpc) is 3.43. The Morgan fingerprint density at radius 1 is 1.06 bits per heavy atom. The Labute approximate surface area is 186 Å². The summed E-state index contributed by atoms with van der Waals surface area (Å²) >= 11 is 0. The van der Waals surface area contributed by atoms with Crippen molar-refractivity contribution < 1.29 is 22.7 Å². The Hall–Kier alpha value is -3.20. The minimum absolute atomic E-state index is 0.150. The number of β-amino-alcohol motifs (C(OH)–C–C–N with tert-alkyl or cyclic N) is 1. The van der Waals surface area contributed by atoms with Gasteiger partial charge >= 0.3 is 6.18 Å². The number of halogens is 4. The number of hydrogen-bond donors (Lipinski definition) is 1. The van der Waals surface area contributed by atoms with Gasteiger partial charge in [0, 0.05) is 29.9 Å². The van der Waals surface area contributed by atoms with Crippen molar-refractivity contribution in [1.29, 1.82) is 0 Å². The summed E-state index contributed by atoms with van der Waals surface area (Å²) in [4.78, 5) is 15.0. The summed E-state index contributed by atoms with van der Waals surface area (Å²) in [5, 5.41) is 14.1. The van der Waals surface area contributed by atoms with E-state index in [0.717, 1.165) is 10.7 Å². The molecule has 0 radical (unpaired) electrons. The van der Waals surface area contributed by atoms with E-state index in [4.69, 9.17) is 0 Å². The predicted molar refractivity (Wildman–Crippen MR) is 115 cm³/mol. The molecule has 1 aliphatic heterocycles. The van der Waals surface area contributed by atoms with E-state index in [2.05, 4.69) is 5.10 Å². The fourth-order valence-electron chi connectivity index (χ4n) is 4.72. The number of anilines is 1. The molecule has 1 aliphatic carbocycles. The molecule has 2 aromatic carbocycles. The molecule has 2 aliphatic rings. The first-order valence-electron chi connectivity index (χ1n) is 10.8. The van der Waals surface area contributed by atoms with Crippen molar-refractivity contribution in [2.24, 2.45) is 0 Å². The lowest BCUT2D eigenvalue weighted by Crippen LogP contribution is -2.29. The van der Waals surface area contributed by atoms with Crippen LogP contribution in [0.15, 0.2) is 47.3 Å². The molecule has 2 heterocycles. The second-order valence-electron chi connectivity index (χ2n) is 8.44. The van der Waals surface area contributed by atoms with Crippen LogP contribution in [-0.2, 0) is 19.0 Å². The Morgan fingerprint density at radius 2 is 1.82 bits per heavy atom. The van der Waals surface area contributed by atoms with Gasteiger partial charge in [-0.05, 0) is 61.6 Å². The SMILES string of the molecule is O=c1c2c(c(-c3ccccc3F)nn1-c1cc(N3CCC(O)C3)ccc1C(F)(F)F)CCC2. The van der Waals surface area contributed by atoms with Crippen LogP contribution in [0.2, 0.25) is 0 Å². The maximum atomic E-state index is 14.6. The normalized spacial score (nSPS) is 18.1. The van der Waals surface area contributed by atoms with Crippen LogP contribution in [0.25, 0.3) is 16.9 Å². The zero-order valence-electron chi connectivity index (χ0n) is 17.6. The molecular weight excluding hydrogens is 438 g/mol. The van der Waals surface area contributed by atoms with Crippen molar-refractivity contribution in [2.45, 2.75) is 38.0 Å². The molecule has 0 amide bonds. The summed E-state index contributed by atoms with van der Waals surface area (Å²) in [6.07, 6.45) is -3.22. The highest BCUT2D eigenvalue weighted by Crippen LogP contribution is 2.37. The van der Waals surface area contributed by atoms with Crippen molar-refractivity contribution in [3.05, 3.63) is 75.3 Å². The van der Waals surface area contributed by atoms with Crippen LogP contribution in [0.4, 0.5) is 23.2 Å². The Morgan fingerprint density at radius 3 is 2.52 bits per heavy atom. The van der Waals surface area contributed by atoms with Gasteiger partial charge < -0.3 is 10.0 Å². The lowest BCUT2D eigenvalue weighted by molar-refractivity contribution is -0.137. The summed E-state index contributed by atoms with van der Waals surface area (Å²) in [6.45, 7) is 0.775. The molecule has 33 heavy (non-hydrogen) atoms. The quantitative estimate of drug-likeness (QED) is 0.599. The van der Waals surface area contributed by atoms with E-state index < -0.39 is 34.9 Å². The zero-order valence-corrected chi connectivity index (χ0v) is 17.6. The number of benzene rings is 2. The smallest absolute Gasteiger partial charge is 0.391 e. The van der Waals surface area contributed by atoms with Gasteiger partial charge in [0.15, 0.2) is 0 Å². The highest BCUT2D eigenvalue weighted by Gasteiger charge is 2.36. The van der Waals surface area contributed by atoms with Crippen LogP contribution in [0.3, 0.4) is 0 Å². The largest absolute Gasteiger partial charge is 0.418 e. The van der Waals surface area contributed by atoms with Gasteiger partial charge in [-0.25, -0.2) is 4.39 Å². The van der Waals surface area contributed by atoms with E-state index in [9.17, 15) is 27.5 Å². The molecule has 172 valence electrons. The summed E-state index contributed by atoms with van der Waals surface area (Å²) in [6, 6.07) is 9.45. The molecule has 0 bridgehead atoms. The van der Waals surface area contributed by atoms with Gasteiger partial charge in [0.1, 0.15) is 5.82 Å². The summed E-state index contributed by atoms with van der Waals surface area (Å²) in [5.74, 6) is -0.555. The number of aliphatic hydroxyl groups excluding tert-OH is 1. The lowest BCUT2D eigenvalue weighted by Gasteiger charge is -2.22. The highest BCUT2D eigenvalue weighted by atomic mass is 19.4. The van der Waals surface area contributed by atoms with Gasteiger partial charge in [0.2, 0.25) is 0 Å². The third-order valence-electron chi connectivity index (χ3n) is 6.33. The number of alkyl halides is 3. The Balaban J connectivity index is 1.76. The van der Waals surface area contributed by atoms with Crippen LogP contribution in [0, 0.1) is 5.82 Å². The number of aromatic nitrogens is 2. The average molecular weight is 459 g/mol. The molecule has 1 fully saturated rings. The molecule has 3 aromatic rings. The number of fused-ring (bicyclic) bond motifs is 1. The van der Waals surface area contributed by atoms with Crippen LogP contribution < -0.4 is 10.5 Å². The molecule has 5 nitrogen and oxygen atoms in total. The van der Waals surface area contributed by atoms with Crippen molar-refractivity contribution in [3.63, 3.8) is 0 Å². The standard InChI is InChI=1S/C24H21F4N3O2/c25-20-7-2-1-4-18(20)22-16-5-3-6-17(16)23(33)31(29-22)21-12-14(30-11-10-15(32)13-30)8-9-19(21)24(26,27)28/h1-2,4,7-9,12,15,32H,3,5-6,10-11,13H2. The number of rotatable bonds is 3. The minimum atomic E-state index is -4.73. The maximum Gasteiger partial charge on any atom is 0.418 e. The number of aliphatic hydroxyl groups is 1. The molecule has 0 spiro atoms. The molecule has 1 aromatic heterocycles. The first kappa shape index (κ1) is 21.6. The van der Waals surface area contributed by atoms with Crippen LogP contribution in [0.1, 0.15) is 29.5 Å². The van der Waals surface area contributed by atoms with Gasteiger partial charge in [-0.15, -0.1) is 0 Å². The van der Waals surface area contributed by atoms with Gasteiger partial charge in [-0.1, -0.05) is 12.1 Å². The monoisotopic (exact) mass is 459 g/mol. The highest BCUT2D eigenvalue weighted by molar-refractivity contribution is 5.66. The van der Waals surface area contributed by atoms with Crippen molar-refractivity contribution in [1.82, 2.24) is 9.78 Å². The topological polar surface area (TPSA) is 58.4 Å². The first-order valence-corrected chi connectivity index (χ1v) is 10.8. The van der Waals surface area contributed by atoms with E-state index in [1.54, 1.807) is 11.0 Å². The molecule has 1 N–H and O–H groups in total. The molecule has 1 saturated heterocycles. The van der Waals surface area contributed by atoms with Crippen molar-refractivity contribution in [3.8, 4) is 16.9 Å². The van der Waals surface area contributed by atoms with E-state index in [-0.39, 0.29) is 17.8 Å². The molecule has 9 heteroatoms. The fraction of sp³-hybridized carbons (Fsp3) is 0.333. The van der Waals surface area contributed by atoms with Gasteiger partial charge in [-0.3, -0.25) is 4.79 Å². The van der Waals surface area contributed by atoms with Crippen molar-refractivity contribution >= 4 is 5.69 Å². The van der Waals surface area contributed by atoms with E-state index in [0.29, 0.717) is 49.0 Å². The van der Waals surface area contributed by atoms with Crippen LogP contribution >= 0.6 is 0 Å². The summed E-state index contributed by atoms with van der Waals surface area (Å²) in [5.41, 5.74) is -0.265. The second-order valence-corrected chi connectivity index (χ2v) is 8.44. The summed E-state index contributed by atoms with van der Waals surface area (Å²) in [7, 11) is 0. The van der Waals surface area contributed by atoms with Crippen LogP contribution in [0.5, 0.6) is 0 Å².